The van der Waals surface area contributed by atoms with Gasteiger partial charge in [0, 0.05) is 5.39 Å². The first-order valence-corrected chi connectivity index (χ1v) is 7.56. The van der Waals surface area contributed by atoms with Crippen LogP contribution in [0.15, 0.2) is 30.3 Å². The summed E-state index contributed by atoms with van der Waals surface area (Å²) in [6.07, 6.45) is 0.912. The third-order valence-electron chi connectivity index (χ3n) is 3.13. The van der Waals surface area contributed by atoms with E-state index in [1.54, 1.807) is 0 Å². The van der Waals surface area contributed by atoms with E-state index in [9.17, 15) is 4.79 Å². The molecule has 2 aromatic rings. The van der Waals surface area contributed by atoms with Crippen molar-refractivity contribution in [2.24, 2.45) is 5.92 Å². The number of carbonyl (C=O) groups is 1. The van der Waals surface area contributed by atoms with E-state index in [0.29, 0.717) is 11.5 Å². The predicted octanol–water partition coefficient (Wildman–Crippen LogP) is 4.50. The highest BCUT2D eigenvalue weighted by atomic mass is 79.9. The number of pyridine rings is 1. The van der Waals surface area contributed by atoms with Crippen molar-refractivity contribution in [2.75, 3.05) is 7.11 Å². The van der Waals surface area contributed by atoms with Crippen LogP contribution in [0.4, 0.5) is 0 Å². The normalized spacial score (nSPS) is 12.7. The van der Waals surface area contributed by atoms with Crippen LogP contribution in [0.1, 0.15) is 41.1 Å². The summed E-state index contributed by atoms with van der Waals surface area (Å²) < 4.78 is 4.88. The third-order valence-corrected chi connectivity index (χ3v) is 3.94. The van der Waals surface area contributed by atoms with Crippen LogP contribution >= 0.6 is 15.9 Å². The molecule has 0 spiro atoms. The second kappa shape index (κ2) is 6.35. The topological polar surface area (TPSA) is 39.2 Å². The van der Waals surface area contributed by atoms with Crippen LogP contribution in [0.3, 0.4) is 0 Å². The smallest absolute Gasteiger partial charge is 0.339 e. The van der Waals surface area contributed by atoms with Crippen molar-refractivity contribution in [3.05, 3.63) is 41.6 Å². The summed E-state index contributed by atoms with van der Waals surface area (Å²) in [6.45, 7) is 4.29. The van der Waals surface area contributed by atoms with Gasteiger partial charge in [0.05, 0.1) is 28.7 Å². The number of nitrogens with zero attached hydrogens (tertiary/aromatic N) is 1. The molecule has 20 heavy (non-hydrogen) atoms. The lowest BCUT2D eigenvalue weighted by Crippen LogP contribution is -2.10. The van der Waals surface area contributed by atoms with Gasteiger partial charge in [0.15, 0.2) is 0 Å². The Labute approximate surface area is 127 Å². The van der Waals surface area contributed by atoms with E-state index in [2.05, 4.69) is 34.8 Å². The molecule has 1 aromatic heterocycles. The molecule has 0 aliphatic heterocycles. The number of rotatable bonds is 4. The van der Waals surface area contributed by atoms with Crippen LogP contribution in [-0.2, 0) is 4.74 Å². The second-order valence-electron chi connectivity index (χ2n) is 5.20. The zero-order chi connectivity index (χ0) is 14.7. The fourth-order valence-electron chi connectivity index (χ4n) is 2.17. The summed E-state index contributed by atoms with van der Waals surface area (Å²) in [5.74, 6) is 0.171. The molecule has 0 amide bonds. The maximum atomic E-state index is 12.0. The van der Waals surface area contributed by atoms with E-state index in [4.69, 9.17) is 4.74 Å². The molecule has 0 aliphatic rings. The Hall–Kier alpha value is -1.42. The zero-order valence-electron chi connectivity index (χ0n) is 11.9. The average Bonchev–Trinajstić information content (AvgIpc) is 2.44. The van der Waals surface area contributed by atoms with Gasteiger partial charge in [-0.1, -0.05) is 48.0 Å². The molecular weight excluding hydrogens is 318 g/mol. The SMILES string of the molecule is COC(=O)c1cc2ccccc2nc1C(Br)CC(C)C. The summed E-state index contributed by atoms with van der Waals surface area (Å²) in [6, 6.07) is 9.64. The molecule has 106 valence electrons. The lowest BCUT2D eigenvalue weighted by atomic mass is 10.0. The molecule has 1 atom stereocenters. The maximum Gasteiger partial charge on any atom is 0.339 e. The summed E-state index contributed by atoms with van der Waals surface area (Å²) in [5, 5.41) is 0.945. The molecule has 4 heteroatoms. The van der Waals surface area contributed by atoms with E-state index < -0.39 is 0 Å². The first kappa shape index (κ1) is 15.0. The number of fused-ring (bicyclic) bond motifs is 1. The summed E-state index contributed by atoms with van der Waals surface area (Å²) >= 11 is 3.65. The van der Waals surface area contributed by atoms with Crippen molar-refractivity contribution in [1.29, 1.82) is 0 Å². The summed E-state index contributed by atoms with van der Waals surface area (Å²) in [5.41, 5.74) is 2.18. The maximum absolute atomic E-state index is 12.0. The minimum Gasteiger partial charge on any atom is -0.465 e. The molecule has 0 aliphatic carbocycles. The Balaban J connectivity index is 2.56. The molecular formula is C16H18BrNO2. The van der Waals surface area contributed by atoms with Gasteiger partial charge in [0.1, 0.15) is 0 Å². The summed E-state index contributed by atoms with van der Waals surface area (Å²) in [4.78, 5) is 16.7. The fourth-order valence-corrected chi connectivity index (χ4v) is 3.27. The molecule has 1 heterocycles. The Kier molecular flexibility index (Phi) is 4.76. The Morgan fingerprint density at radius 3 is 2.70 bits per heavy atom. The van der Waals surface area contributed by atoms with Gasteiger partial charge < -0.3 is 4.74 Å². The molecule has 0 bridgehead atoms. The number of hydrogen-bond acceptors (Lipinski definition) is 3. The predicted molar refractivity (Wildman–Crippen MR) is 84.2 cm³/mol. The highest BCUT2D eigenvalue weighted by Crippen LogP contribution is 2.32. The van der Waals surface area contributed by atoms with Gasteiger partial charge in [-0.15, -0.1) is 0 Å². The number of hydrogen-bond donors (Lipinski definition) is 0. The van der Waals surface area contributed by atoms with Crippen LogP contribution in [0.5, 0.6) is 0 Å². The first-order valence-electron chi connectivity index (χ1n) is 6.65. The Morgan fingerprint density at radius 2 is 2.05 bits per heavy atom. The number of methoxy groups -OCH3 is 1. The quantitative estimate of drug-likeness (QED) is 0.609. The van der Waals surface area contributed by atoms with Gasteiger partial charge >= 0.3 is 5.97 Å². The van der Waals surface area contributed by atoms with Crippen molar-refractivity contribution >= 4 is 32.8 Å². The minimum absolute atomic E-state index is 0.0428. The number of aromatic nitrogens is 1. The highest BCUT2D eigenvalue weighted by Gasteiger charge is 2.21. The van der Waals surface area contributed by atoms with E-state index in [-0.39, 0.29) is 10.8 Å². The lowest BCUT2D eigenvalue weighted by molar-refractivity contribution is 0.0599. The molecule has 0 fully saturated rings. The molecule has 1 aromatic carbocycles. The van der Waals surface area contributed by atoms with E-state index >= 15 is 0 Å². The first-order chi connectivity index (χ1) is 9.52. The molecule has 1 unspecified atom stereocenters. The largest absolute Gasteiger partial charge is 0.465 e. The van der Waals surface area contributed by atoms with Crippen LogP contribution in [0.25, 0.3) is 10.9 Å². The Bertz CT molecular complexity index is 625. The van der Waals surface area contributed by atoms with Gasteiger partial charge in [-0.3, -0.25) is 4.98 Å². The van der Waals surface area contributed by atoms with Crippen molar-refractivity contribution in [1.82, 2.24) is 4.98 Å². The lowest BCUT2D eigenvalue weighted by Gasteiger charge is -2.16. The molecule has 2 rings (SSSR count). The van der Waals surface area contributed by atoms with Crippen LogP contribution < -0.4 is 0 Å². The molecule has 0 radical (unpaired) electrons. The van der Waals surface area contributed by atoms with Crippen molar-refractivity contribution < 1.29 is 9.53 Å². The number of halogens is 1. The number of benzene rings is 1. The van der Waals surface area contributed by atoms with Crippen LogP contribution in [0.2, 0.25) is 0 Å². The van der Waals surface area contributed by atoms with Crippen LogP contribution in [-0.4, -0.2) is 18.1 Å². The van der Waals surface area contributed by atoms with Gasteiger partial charge in [-0.05, 0) is 24.5 Å². The van der Waals surface area contributed by atoms with Crippen molar-refractivity contribution in [3.63, 3.8) is 0 Å². The average molecular weight is 336 g/mol. The van der Waals surface area contributed by atoms with E-state index in [0.717, 1.165) is 23.0 Å². The third kappa shape index (κ3) is 3.18. The van der Waals surface area contributed by atoms with Crippen LogP contribution in [0, 0.1) is 5.92 Å². The Morgan fingerprint density at radius 1 is 1.35 bits per heavy atom. The van der Waals surface area contributed by atoms with E-state index in [1.165, 1.54) is 7.11 Å². The fraction of sp³-hybridized carbons (Fsp3) is 0.375. The number of carbonyl (C=O) groups excluding carboxylic acids is 1. The second-order valence-corrected chi connectivity index (χ2v) is 6.31. The molecule has 0 N–H and O–H groups in total. The van der Waals surface area contributed by atoms with Gasteiger partial charge in [-0.25, -0.2) is 4.79 Å². The number of alkyl halides is 1. The number of ether oxygens (including phenoxy) is 1. The summed E-state index contributed by atoms with van der Waals surface area (Å²) in [7, 11) is 1.40. The standard InChI is InChI=1S/C16H18BrNO2/c1-10(2)8-13(17)15-12(16(19)20-3)9-11-6-4-5-7-14(11)18-15/h4-7,9-10,13H,8H2,1-3H3. The monoisotopic (exact) mass is 335 g/mol. The van der Waals surface area contributed by atoms with Gasteiger partial charge in [-0.2, -0.15) is 0 Å². The highest BCUT2D eigenvalue weighted by molar-refractivity contribution is 9.09. The van der Waals surface area contributed by atoms with Gasteiger partial charge in [0.2, 0.25) is 0 Å². The minimum atomic E-state index is -0.341. The van der Waals surface area contributed by atoms with Gasteiger partial charge in [0.25, 0.3) is 0 Å². The molecule has 3 nitrogen and oxygen atoms in total. The van der Waals surface area contributed by atoms with Crippen molar-refractivity contribution in [3.8, 4) is 0 Å². The van der Waals surface area contributed by atoms with E-state index in [1.807, 2.05) is 30.3 Å². The van der Waals surface area contributed by atoms with Crippen molar-refractivity contribution in [2.45, 2.75) is 25.1 Å². The number of para-hydroxylation sites is 1. The molecule has 0 saturated heterocycles. The number of esters is 1. The molecule has 0 saturated carbocycles. The zero-order valence-corrected chi connectivity index (χ0v) is 13.5.